The van der Waals surface area contributed by atoms with Crippen molar-refractivity contribution in [2.45, 2.75) is 12.8 Å². The minimum absolute atomic E-state index is 0.107. The first-order valence-corrected chi connectivity index (χ1v) is 5.45. The van der Waals surface area contributed by atoms with E-state index in [1.807, 2.05) is 30.3 Å². The van der Waals surface area contributed by atoms with Crippen LogP contribution in [0.1, 0.15) is 12.0 Å². The number of carbonyl (C=O) groups is 1. The second-order valence-corrected chi connectivity index (χ2v) is 3.50. The van der Waals surface area contributed by atoms with Crippen molar-refractivity contribution in [3.63, 3.8) is 0 Å². The Kier molecular flexibility index (Phi) is 5.58. The van der Waals surface area contributed by atoms with Crippen LogP contribution in [0.3, 0.4) is 0 Å². The molecular weight excluding hydrogens is 216 g/mol. The number of aliphatic hydroxyl groups is 1. The maximum Gasteiger partial charge on any atom is 0.373 e. The average Bonchev–Trinajstić information content (AvgIpc) is 2.37. The van der Waals surface area contributed by atoms with Gasteiger partial charge in [0, 0.05) is 0 Å². The Hall–Kier alpha value is -2.03. The monoisotopic (exact) mass is 232 g/mol. The molecule has 0 spiro atoms. The SMILES string of the molecule is C=CCOC(=O)C(O)=CCCc1ccccc1. The smallest absolute Gasteiger partial charge is 0.373 e. The number of carbonyl (C=O) groups excluding carboxylic acids is 1. The number of benzene rings is 1. The molecule has 0 unspecified atom stereocenters. The van der Waals surface area contributed by atoms with Crippen molar-refractivity contribution in [1.82, 2.24) is 0 Å². The summed E-state index contributed by atoms with van der Waals surface area (Å²) >= 11 is 0. The van der Waals surface area contributed by atoms with Crippen molar-refractivity contribution < 1.29 is 14.6 Å². The van der Waals surface area contributed by atoms with Crippen LogP contribution in [0.15, 0.2) is 54.8 Å². The van der Waals surface area contributed by atoms with Crippen LogP contribution in [0.4, 0.5) is 0 Å². The predicted octanol–water partition coefficient (Wildman–Crippen LogP) is 2.79. The van der Waals surface area contributed by atoms with Gasteiger partial charge < -0.3 is 9.84 Å². The molecule has 0 aliphatic carbocycles. The maximum atomic E-state index is 11.2. The van der Waals surface area contributed by atoms with Crippen molar-refractivity contribution in [3.8, 4) is 0 Å². The Labute approximate surface area is 101 Å². The van der Waals surface area contributed by atoms with Crippen molar-refractivity contribution in [3.05, 3.63) is 60.4 Å². The molecule has 90 valence electrons. The van der Waals surface area contributed by atoms with Gasteiger partial charge in [0.2, 0.25) is 0 Å². The molecule has 0 heterocycles. The van der Waals surface area contributed by atoms with E-state index < -0.39 is 5.97 Å². The van der Waals surface area contributed by atoms with Crippen LogP contribution in [-0.2, 0) is 16.0 Å². The Balaban J connectivity index is 2.38. The van der Waals surface area contributed by atoms with E-state index in [2.05, 4.69) is 11.3 Å². The van der Waals surface area contributed by atoms with Crippen LogP contribution in [0, 0.1) is 0 Å². The molecule has 0 radical (unpaired) electrons. The first-order chi connectivity index (χ1) is 8.24. The van der Waals surface area contributed by atoms with E-state index in [-0.39, 0.29) is 12.4 Å². The quantitative estimate of drug-likeness (QED) is 0.355. The highest BCUT2D eigenvalue weighted by molar-refractivity contribution is 5.85. The van der Waals surface area contributed by atoms with Gasteiger partial charge in [0.25, 0.3) is 0 Å². The van der Waals surface area contributed by atoms with E-state index in [4.69, 9.17) is 0 Å². The maximum absolute atomic E-state index is 11.2. The largest absolute Gasteiger partial charge is 0.502 e. The summed E-state index contributed by atoms with van der Waals surface area (Å²) in [6.45, 7) is 3.52. The van der Waals surface area contributed by atoms with Gasteiger partial charge in [-0.2, -0.15) is 0 Å². The van der Waals surface area contributed by atoms with E-state index >= 15 is 0 Å². The standard InChI is InChI=1S/C14H16O3/c1-2-11-17-14(16)13(15)10-6-9-12-7-4-3-5-8-12/h2-5,7-8,10,15H,1,6,9,11H2. The van der Waals surface area contributed by atoms with Gasteiger partial charge in [-0.15, -0.1) is 0 Å². The Bertz CT molecular complexity index is 393. The van der Waals surface area contributed by atoms with Gasteiger partial charge in [-0.1, -0.05) is 43.0 Å². The average molecular weight is 232 g/mol. The number of allylic oxidation sites excluding steroid dienone is 1. The molecule has 3 nitrogen and oxygen atoms in total. The second kappa shape index (κ2) is 7.28. The lowest BCUT2D eigenvalue weighted by atomic mass is 10.1. The van der Waals surface area contributed by atoms with Gasteiger partial charge in [-0.25, -0.2) is 4.79 Å². The van der Waals surface area contributed by atoms with Crippen molar-refractivity contribution in [1.29, 1.82) is 0 Å². The lowest BCUT2D eigenvalue weighted by molar-refractivity contribution is -0.140. The minimum atomic E-state index is -0.710. The zero-order chi connectivity index (χ0) is 12.5. The van der Waals surface area contributed by atoms with Crippen LogP contribution in [-0.4, -0.2) is 17.7 Å². The Morgan fingerprint density at radius 1 is 1.35 bits per heavy atom. The van der Waals surface area contributed by atoms with E-state index in [1.54, 1.807) is 0 Å². The third-order valence-corrected chi connectivity index (χ3v) is 2.15. The number of aryl methyl sites for hydroxylation is 1. The molecule has 1 N–H and O–H groups in total. The fourth-order valence-electron chi connectivity index (χ4n) is 1.31. The van der Waals surface area contributed by atoms with Gasteiger partial charge in [0.05, 0.1) is 0 Å². The van der Waals surface area contributed by atoms with Gasteiger partial charge in [-0.3, -0.25) is 0 Å². The van der Waals surface area contributed by atoms with Crippen molar-refractivity contribution in [2.24, 2.45) is 0 Å². The Morgan fingerprint density at radius 2 is 2.06 bits per heavy atom. The lowest BCUT2D eigenvalue weighted by Crippen LogP contribution is -2.07. The molecule has 1 aromatic rings. The molecular formula is C14H16O3. The molecule has 3 heteroatoms. The first kappa shape index (κ1) is 13.0. The number of ether oxygens (including phenoxy) is 1. The summed E-state index contributed by atoms with van der Waals surface area (Å²) in [5.41, 5.74) is 1.16. The lowest BCUT2D eigenvalue weighted by Gasteiger charge is -2.01. The van der Waals surface area contributed by atoms with Crippen LogP contribution in [0.5, 0.6) is 0 Å². The topological polar surface area (TPSA) is 46.5 Å². The van der Waals surface area contributed by atoms with Crippen molar-refractivity contribution >= 4 is 5.97 Å². The highest BCUT2D eigenvalue weighted by Crippen LogP contribution is 2.04. The highest BCUT2D eigenvalue weighted by atomic mass is 16.5. The molecule has 0 saturated carbocycles. The van der Waals surface area contributed by atoms with Crippen LogP contribution in [0.2, 0.25) is 0 Å². The first-order valence-electron chi connectivity index (χ1n) is 5.45. The van der Waals surface area contributed by atoms with Crippen LogP contribution in [0.25, 0.3) is 0 Å². The van der Waals surface area contributed by atoms with Crippen LogP contribution < -0.4 is 0 Å². The molecule has 0 aromatic heterocycles. The molecule has 0 aliphatic heterocycles. The summed E-state index contributed by atoms with van der Waals surface area (Å²) < 4.78 is 4.68. The fraction of sp³-hybridized carbons (Fsp3) is 0.214. The van der Waals surface area contributed by atoms with E-state index in [1.165, 1.54) is 12.2 Å². The molecule has 0 aliphatic rings. The van der Waals surface area contributed by atoms with Crippen molar-refractivity contribution in [2.75, 3.05) is 6.61 Å². The zero-order valence-electron chi connectivity index (χ0n) is 9.63. The summed E-state index contributed by atoms with van der Waals surface area (Å²) in [6, 6.07) is 9.86. The third kappa shape index (κ3) is 5.02. The second-order valence-electron chi connectivity index (χ2n) is 3.50. The van der Waals surface area contributed by atoms with E-state index in [0.29, 0.717) is 6.42 Å². The molecule has 0 fully saturated rings. The number of esters is 1. The normalized spacial score (nSPS) is 10.9. The third-order valence-electron chi connectivity index (χ3n) is 2.15. The molecule has 1 rings (SSSR count). The Morgan fingerprint density at radius 3 is 2.71 bits per heavy atom. The van der Waals surface area contributed by atoms with Crippen LogP contribution >= 0.6 is 0 Å². The van der Waals surface area contributed by atoms with E-state index in [9.17, 15) is 9.90 Å². The summed E-state index contributed by atoms with van der Waals surface area (Å²) in [5, 5.41) is 9.37. The van der Waals surface area contributed by atoms with Gasteiger partial charge in [-0.05, 0) is 24.5 Å². The molecule has 1 aromatic carbocycles. The summed E-state index contributed by atoms with van der Waals surface area (Å²) in [4.78, 5) is 11.2. The predicted molar refractivity (Wildman–Crippen MR) is 66.6 cm³/mol. The zero-order valence-corrected chi connectivity index (χ0v) is 9.63. The minimum Gasteiger partial charge on any atom is -0.502 e. The van der Waals surface area contributed by atoms with Gasteiger partial charge in [0.1, 0.15) is 6.61 Å². The molecule has 0 bridgehead atoms. The number of aliphatic hydroxyl groups excluding tert-OH is 1. The summed E-state index contributed by atoms with van der Waals surface area (Å²) in [6.07, 6.45) is 4.30. The number of hydrogen-bond acceptors (Lipinski definition) is 3. The molecule has 17 heavy (non-hydrogen) atoms. The summed E-state index contributed by atoms with van der Waals surface area (Å²) in [7, 11) is 0. The molecule has 0 saturated heterocycles. The van der Waals surface area contributed by atoms with E-state index in [0.717, 1.165) is 12.0 Å². The molecule has 0 amide bonds. The summed E-state index contributed by atoms with van der Waals surface area (Å²) in [5.74, 6) is -1.05. The van der Waals surface area contributed by atoms with Gasteiger partial charge >= 0.3 is 5.97 Å². The fourth-order valence-corrected chi connectivity index (χ4v) is 1.31. The highest BCUT2D eigenvalue weighted by Gasteiger charge is 2.06. The number of hydrogen-bond donors (Lipinski definition) is 1. The number of rotatable bonds is 6. The van der Waals surface area contributed by atoms with Gasteiger partial charge in [0.15, 0.2) is 5.76 Å². The molecule has 0 atom stereocenters.